The van der Waals surface area contributed by atoms with Crippen LogP contribution in [0, 0.1) is 0 Å². The molecule has 0 radical (unpaired) electrons. The molecule has 0 saturated carbocycles. The first-order valence-corrected chi connectivity index (χ1v) is 5.39. The lowest BCUT2D eigenvalue weighted by atomic mass is 10.3. The molecule has 5 heteroatoms. The summed E-state index contributed by atoms with van der Waals surface area (Å²) in [5, 5.41) is 1.96. The summed E-state index contributed by atoms with van der Waals surface area (Å²) in [5.41, 5.74) is 13.3. The van der Waals surface area contributed by atoms with E-state index in [0.29, 0.717) is 0 Å². The van der Waals surface area contributed by atoms with Gasteiger partial charge in [-0.3, -0.25) is 10.9 Å². The van der Waals surface area contributed by atoms with Gasteiger partial charge >= 0.3 is 0 Å². The van der Waals surface area contributed by atoms with Gasteiger partial charge in [0.25, 0.3) is 0 Å². The van der Waals surface area contributed by atoms with Crippen molar-refractivity contribution >= 4 is 11.4 Å². The Morgan fingerprint density at radius 3 is 2.65 bits per heavy atom. The maximum absolute atomic E-state index is 5.60. The number of hydrogen-bond donors (Lipinski definition) is 4. The molecule has 1 aromatic rings. The number of quaternary nitrogens is 1. The molecule has 0 bridgehead atoms. The molecule has 1 rings (SSSR count). The molecule has 0 aliphatic heterocycles. The second-order valence-electron chi connectivity index (χ2n) is 3.60. The minimum Gasteiger partial charge on any atom is -0.399 e. The average Bonchev–Trinajstić information content (AvgIpc) is 2.34. The van der Waals surface area contributed by atoms with Crippen molar-refractivity contribution in [3.8, 4) is 0 Å². The summed E-state index contributed by atoms with van der Waals surface area (Å²) in [7, 11) is 3.88. The SMILES string of the molecule is C=C(NNc1ccc(N)cc1)N(C)/C=C\[NH2+]C. The first kappa shape index (κ1) is 12.9. The fourth-order valence-electron chi connectivity index (χ4n) is 1.10. The number of nitrogens with zero attached hydrogens (tertiary/aromatic N) is 1. The monoisotopic (exact) mass is 234 g/mol. The van der Waals surface area contributed by atoms with Gasteiger partial charge in [0.1, 0.15) is 12.0 Å². The van der Waals surface area contributed by atoms with Crippen molar-refractivity contribution in [2.24, 2.45) is 0 Å². The Bertz CT molecular complexity index is 382. The molecule has 17 heavy (non-hydrogen) atoms. The summed E-state index contributed by atoms with van der Waals surface area (Å²) < 4.78 is 0. The number of hydrogen-bond acceptors (Lipinski definition) is 4. The molecule has 0 aromatic heterocycles. The predicted octanol–water partition coefficient (Wildman–Crippen LogP) is 0.253. The fourth-order valence-corrected chi connectivity index (χ4v) is 1.10. The van der Waals surface area contributed by atoms with E-state index in [9.17, 15) is 0 Å². The van der Waals surface area contributed by atoms with Crippen molar-refractivity contribution in [1.29, 1.82) is 0 Å². The second kappa shape index (κ2) is 6.44. The van der Waals surface area contributed by atoms with Gasteiger partial charge in [-0.05, 0) is 24.3 Å². The largest absolute Gasteiger partial charge is 0.399 e. The molecule has 0 aliphatic carbocycles. The van der Waals surface area contributed by atoms with Crippen LogP contribution in [0.1, 0.15) is 0 Å². The van der Waals surface area contributed by atoms with Crippen LogP contribution in [0.25, 0.3) is 0 Å². The van der Waals surface area contributed by atoms with Crippen molar-refractivity contribution in [3.05, 3.63) is 49.1 Å². The van der Waals surface area contributed by atoms with E-state index < -0.39 is 0 Å². The molecule has 0 fully saturated rings. The standard InChI is InChI=1S/C12H19N5/c1-10(17(3)9-8-14-2)15-16-12-6-4-11(13)5-7-12/h4-9,14-16H,1,13H2,2-3H3/p+1/b9-8-. The third-order valence-corrected chi connectivity index (χ3v) is 2.19. The minimum atomic E-state index is 0.743. The van der Waals surface area contributed by atoms with Crippen molar-refractivity contribution < 1.29 is 5.32 Å². The lowest BCUT2D eigenvalue weighted by Crippen LogP contribution is -2.72. The normalized spacial score (nSPS) is 10.2. The summed E-state index contributed by atoms with van der Waals surface area (Å²) >= 11 is 0. The van der Waals surface area contributed by atoms with Crippen LogP contribution in [0.3, 0.4) is 0 Å². The lowest BCUT2D eigenvalue weighted by molar-refractivity contribution is -0.557. The first-order chi connectivity index (χ1) is 8.13. The van der Waals surface area contributed by atoms with E-state index in [1.54, 1.807) is 0 Å². The Balaban J connectivity index is 2.42. The van der Waals surface area contributed by atoms with Crippen LogP contribution in [0.4, 0.5) is 11.4 Å². The summed E-state index contributed by atoms with van der Waals surface area (Å²) in [6.07, 6.45) is 3.86. The molecule has 5 nitrogen and oxygen atoms in total. The molecular formula is C12H20N5+. The third-order valence-electron chi connectivity index (χ3n) is 2.19. The highest BCUT2D eigenvalue weighted by Gasteiger charge is 1.97. The maximum atomic E-state index is 5.60. The van der Waals surface area contributed by atoms with Crippen molar-refractivity contribution in [3.63, 3.8) is 0 Å². The quantitative estimate of drug-likeness (QED) is 0.421. The van der Waals surface area contributed by atoms with Crippen LogP contribution >= 0.6 is 0 Å². The molecule has 92 valence electrons. The van der Waals surface area contributed by atoms with Crippen LogP contribution in [-0.2, 0) is 0 Å². The Kier molecular flexibility index (Phi) is 4.90. The number of nitrogens with one attached hydrogen (secondary N) is 2. The van der Waals surface area contributed by atoms with E-state index in [0.717, 1.165) is 17.2 Å². The zero-order chi connectivity index (χ0) is 12.7. The molecule has 1 aromatic carbocycles. The van der Waals surface area contributed by atoms with Crippen molar-refractivity contribution in [2.45, 2.75) is 0 Å². The molecule has 0 atom stereocenters. The zero-order valence-corrected chi connectivity index (χ0v) is 10.3. The second-order valence-corrected chi connectivity index (χ2v) is 3.60. The number of anilines is 2. The summed E-state index contributed by atoms with van der Waals surface area (Å²) in [6, 6.07) is 7.46. The van der Waals surface area contributed by atoms with Gasteiger partial charge in [0.05, 0.1) is 18.9 Å². The van der Waals surface area contributed by atoms with E-state index >= 15 is 0 Å². The number of hydrazine groups is 1. The number of nitrogens with two attached hydrogens (primary N) is 2. The Morgan fingerprint density at radius 1 is 1.41 bits per heavy atom. The number of nitrogen functional groups attached to an aromatic ring is 1. The van der Waals surface area contributed by atoms with Gasteiger partial charge in [0.2, 0.25) is 0 Å². The molecule has 0 amide bonds. The van der Waals surface area contributed by atoms with Gasteiger partial charge in [-0.25, -0.2) is 0 Å². The molecule has 0 spiro atoms. The summed E-state index contributed by atoms with van der Waals surface area (Å²) in [6.45, 7) is 3.90. The molecule has 0 heterocycles. The Morgan fingerprint density at radius 2 is 2.06 bits per heavy atom. The fraction of sp³-hybridized carbons (Fsp3) is 0.167. The Hall–Kier alpha value is -2.14. The van der Waals surface area contributed by atoms with E-state index in [-0.39, 0.29) is 0 Å². The average molecular weight is 234 g/mol. The van der Waals surface area contributed by atoms with Crippen LogP contribution in [0.2, 0.25) is 0 Å². The van der Waals surface area contributed by atoms with Crippen LogP contribution in [0.15, 0.2) is 49.1 Å². The van der Waals surface area contributed by atoms with Crippen LogP contribution in [-0.4, -0.2) is 19.0 Å². The molecule has 6 N–H and O–H groups in total. The van der Waals surface area contributed by atoms with Gasteiger partial charge in [0, 0.05) is 12.7 Å². The minimum absolute atomic E-state index is 0.743. The highest BCUT2D eigenvalue weighted by molar-refractivity contribution is 5.50. The Labute approximate surface area is 102 Å². The van der Waals surface area contributed by atoms with Crippen molar-refractivity contribution in [1.82, 2.24) is 10.3 Å². The van der Waals surface area contributed by atoms with E-state index in [1.807, 2.05) is 61.0 Å². The maximum Gasteiger partial charge on any atom is 0.117 e. The molecule has 0 saturated heterocycles. The van der Waals surface area contributed by atoms with E-state index in [4.69, 9.17) is 5.73 Å². The van der Waals surface area contributed by atoms with Crippen LogP contribution < -0.4 is 21.9 Å². The molecule has 0 aliphatic rings. The smallest absolute Gasteiger partial charge is 0.117 e. The van der Waals surface area contributed by atoms with Gasteiger partial charge in [-0.1, -0.05) is 6.58 Å². The first-order valence-electron chi connectivity index (χ1n) is 5.39. The highest BCUT2D eigenvalue weighted by Crippen LogP contribution is 2.09. The van der Waals surface area contributed by atoms with Gasteiger partial charge in [-0.2, -0.15) is 0 Å². The molecule has 0 unspecified atom stereocenters. The zero-order valence-electron chi connectivity index (χ0n) is 10.3. The van der Waals surface area contributed by atoms with Crippen LogP contribution in [0.5, 0.6) is 0 Å². The van der Waals surface area contributed by atoms with Gasteiger partial charge < -0.3 is 16.0 Å². The van der Waals surface area contributed by atoms with Crippen molar-refractivity contribution in [2.75, 3.05) is 25.3 Å². The van der Waals surface area contributed by atoms with E-state index in [1.165, 1.54) is 0 Å². The van der Waals surface area contributed by atoms with Gasteiger partial charge in [-0.15, -0.1) is 0 Å². The number of benzene rings is 1. The van der Waals surface area contributed by atoms with E-state index in [2.05, 4.69) is 17.4 Å². The summed E-state index contributed by atoms with van der Waals surface area (Å²) in [5.74, 6) is 0.750. The lowest BCUT2D eigenvalue weighted by Gasteiger charge is -2.19. The summed E-state index contributed by atoms with van der Waals surface area (Å²) in [4.78, 5) is 1.88. The van der Waals surface area contributed by atoms with Gasteiger partial charge in [0.15, 0.2) is 0 Å². The highest BCUT2D eigenvalue weighted by atomic mass is 15.4. The topological polar surface area (TPSA) is 69.9 Å². The number of rotatable bonds is 6. The third kappa shape index (κ3) is 4.48. The predicted molar refractivity (Wildman–Crippen MR) is 71.5 cm³/mol. The molecular weight excluding hydrogens is 214 g/mol.